The van der Waals surface area contributed by atoms with Gasteiger partial charge in [0.1, 0.15) is 5.71 Å². The lowest BCUT2D eigenvalue weighted by atomic mass is 10.00. The van der Waals surface area contributed by atoms with Crippen molar-refractivity contribution in [1.29, 1.82) is 0 Å². The van der Waals surface area contributed by atoms with Crippen molar-refractivity contribution >= 4 is 23.4 Å². The minimum Gasteiger partial charge on any atom is -0.454 e. The van der Waals surface area contributed by atoms with Crippen LogP contribution >= 0.6 is 0 Å². The monoisotopic (exact) mass is 368 g/mol. The molecule has 5 heteroatoms. The molecule has 0 unspecified atom stereocenters. The lowest BCUT2D eigenvalue weighted by Gasteiger charge is -2.10. The van der Waals surface area contributed by atoms with Crippen LogP contribution in [0.3, 0.4) is 0 Å². The molecule has 2 heterocycles. The second-order valence-corrected chi connectivity index (χ2v) is 6.44. The number of rotatable bonds is 3. The highest BCUT2D eigenvalue weighted by Crippen LogP contribution is 2.34. The summed E-state index contributed by atoms with van der Waals surface area (Å²) in [4.78, 5) is 13.2. The molecule has 136 valence electrons. The van der Waals surface area contributed by atoms with Gasteiger partial charge in [0.05, 0.1) is 11.3 Å². The fourth-order valence-corrected chi connectivity index (χ4v) is 3.27. The van der Waals surface area contributed by atoms with E-state index in [-0.39, 0.29) is 12.7 Å². The van der Waals surface area contributed by atoms with Gasteiger partial charge in [-0.1, -0.05) is 54.6 Å². The van der Waals surface area contributed by atoms with E-state index in [0.717, 1.165) is 16.8 Å². The van der Waals surface area contributed by atoms with Gasteiger partial charge in [0.15, 0.2) is 11.5 Å². The fourth-order valence-electron chi connectivity index (χ4n) is 3.27. The van der Waals surface area contributed by atoms with Gasteiger partial charge in [-0.2, -0.15) is 10.1 Å². The summed E-state index contributed by atoms with van der Waals surface area (Å²) >= 11 is 0. The Morgan fingerprint density at radius 3 is 2.36 bits per heavy atom. The predicted octanol–water partition coefficient (Wildman–Crippen LogP) is 4.25. The molecule has 0 aliphatic carbocycles. The summed E-state index contributed by atoms with van der Waals surface area (Å²) in [5.74, 6) is 1.23. The van der Waals surface area contributed by atoms with Crippen LogP contribution in [0, 0.1) is 0 Å². The first kappa shape index (κ1) is 16.3. The van der Waals surface area contributed by atoms with Crippen molar-refractivity contribution in [2.24, 2.45) is 5.10 Å². The van der Waals surface area contributed by atoms with Crippen LogP contribution in [0.1, 0.15) is 11.1 Å². The van der Waals surface area contributed by atoms with Gasteiger partial charge in [0, 0.05) is 5.56 Å². The molecule has 5 rings (SSSR count). The second-order valence-electron chi connectivity index (χ2n) is 6.44. The third-order valence-electron chi connectivity index (χ3n) is 4.63. The van der Waals surface area contributed by atoms with E-state index in [0.29, 0.717) is 22.8 Å². The van der Waals surface area contributed by atoms with Crippen molar-refractivity contribution in [1.82, 2.24) is 0 Å². The van der Waals surface area contributed by atoms with Crippen molar-refractivity contribution in [2.45, 2.75) is 0 Å². The average molecular weight is 368 g/mol. The zero-order valence-corrected chi connectivity index (χ0v) is 14.9. The number of benzene rings is 3. The Hall–Kier alpha value is -3.86. The molecule has 0 N–H and O–H groups in total. The standard InChI is InChI=1S/C23H16N2O3/c26-23-19(13-16-11-12-20-21(14-16)28-15-27-20)22(17-7-3-1-4-8-17)24-25(23)18-9-5-2-6-10-18/h1-14H,15H2/b19-13-. The molecule has 5 nitrogen and oxygen atoms in total. The number of hydrogen-bond acceptors (Lipinski definition) is 4. The number of hydrazone groups is 1. The lowest BCUT2D eigenvalue weighted by molar-refractivity contribution is -0.114. The Bertz CT molecular complexity index is 1110. The molecule has 1 amide bonds. The number of fused-ring (bicyclic) bond motifs is 1. The molecule has 28 heavy (non-hydrogen) atoms. The SMILES string of the molecule is O=C1/C(=C\c2ccc3c(c2)OCO3)C(c2ccccc2)=NN1c1ccccc1. The topological polar surface area (TPSA) is 51.1 Å². The number of carbonyl (C=O) groups excluding carboxylic acids is 1. The molecule has 3 aromatic rings. The van der Waals surface area contributed by atoms with Crippen molar-refractivity contribution in [2.75, 3.05) is 11.8 Å². The summed E-state index contributed by atoms with van der Waals surface area (Å²) in [7, 11) is 0. The maximum atomic E-state index is 13.2. The van der Waals surface area contributed by atoms with Crippen LogP contribution in [0.25, 0.3) is 6.08 Å². The molecule has 0 spiro atoms. The van der Waals surface area contributed by atoms with E-state index in [1.165, 1.54) is 5.01 Å². The maximum absolute atomic E-state index is 13.2. The first-order chi connectivity index (χ1) is 13.8. The van der Waals surface area contributed by atoms with Crippen LogP contribution in [-0.2, 0) is 4.79 Å². The number of ether oxygens (including phenoxy) is 2. The second kappa shape index (κ2) is 6.70. The third kappa shape index (κ3) is 2.83. The van der Waals surface area contributed by atoms with Gasteiger partial charge in [-0.15, -0.1) is 0 Å². The highest BCUT2D eigenvalue weighted by molar-refractivity contribution is 6.37. The van der Waals surface area contributed by atoms with E-state index in [1.807, 2.05) is 84.9 Å². The number of amides is 1. The number of hydrogen-bond donors (Lipinski definition) is 0. The molecule has 0 saturated carbocycles. The van der Waals surface area contributed by atoms with E-state index in [1.54, 1.807) is 0 Å². The molecule has 0 atom stereocenters. The molecule has 0 saturated heterocycles. The van der Waals surface area contributed by atoms with Crippen LogP contribution in [0.4, 0.5) is 5.69 Å². The van der Waals surface area contributed by atoms with Gasteiger partial charge in [0.25, 0.3) is 5.91 Å². The first-order valence-electron chi connectivity index (χ1n) is 8.95. The third-order valence-corrected chi connectivity index (χ3v) is 4.63. The highest BCUT2D eigenvalue weighted by Gasteiger charge is 2.32. The fraction of sp³-hybridized carbons (Fsp3) is 0.0435. The van der Waals surface area contributed by atoms with Crippen molar-refractivity contribution in [3.8, 4) is 11.5 Å². The number of para-hydroxylation sites is 1. The molecular formula is C23H16N2O3. The van der Waals surface area contributed by atoms with Crippen molar-refractivity contribution in [3.05, 3.63) is 95.6 Å². The zero-order valence-electron chi connectivity index (χ0n) is 14.9. The van der Waals surface area contributed by atoms with Crippen molar-refractivity contribution in [3.63, 3.8) is 0 Å². The van der Waals surface area contributed by atoms with Crippen LogP contribution in [0.5, 0.6) is 11.5 Å². The Morgan fingerprint density at radius 2 is 1.57 bits per heavy atom. The van der Waals surface area contributed by atoms with Crippen molar-refractivity contribution < 1.29 is 14.3 Å². The maximum Gasteiger partial charge on any atom is 0.281 e. The molecule has 2 aliphatic heterocycles. The quantitative estimate of drug-likeness (QED) is 0.650. The molecule has 0 bridgehead atoms. The number of anilines is 1. The molecule has 2 aliphatic rings. The summed E-state index contributed by atoms with van der Waals surface area (Å²) in [5, 5.41) is 6.08. The van der Waals surface area contributed by atoms with Gasteiger partial charge >= 0.3 is 0 Å². The molecule has 0 aromatic heterocycles. The van der Waals surface area contributed by atoms with Gasteiger partial charge < -0.3 is 9.47 Å². The van der Waals surface area contributed by atoms with E-state index in [9.17, 15) is 4.79 Å². The summed E-state index contributed by atoms with van der Waals surface area (Å²) in [6.07, 6.45) is 1.85. The van der Waals surface area contributed by atoms with Gasteiger partial charge in [0.2, 0.25) is 6.79 Å². The van der Waals surface area contributed by atoms with Gasteiger partial charge in [-0.3, -0.25) is 4.79 Å². The van der Waals surface area contributed by atoms with E-state index >= 15 is 0 Å². The Balaban J connectivity index is 1.60. The number of carbonyl (C=O) groups is 1. The Kier molecular flexibility index (Phi) is 3.91. The largest absolute Gasteiger partial charge is 0.454 e. The van der Waals surface area contributed by atoms with Crippen LogP contribution < -0.4 is 14.5 Å². The summed E-state index contributed by atoms with van der Waals surface area (Å²) in [5.41, 5.74) is 3.66. The normalized spacial score (nSPS) is 16.6. The lowest BCUT2D eigenvalue weighted by Crippen LogP contribution is -2.21. The van der Waals surface area contributed by atoms with E-state index in [2.05, 4.69) is 5.10 Å². The predicted molar refractivity (Wildman–Crippen MR) is 107 cm³/mol. The first-order valence-corrected chi connectivity index (χ1v) is 8.95. The Labute approximate surface area is 162 Å². The van der Waals surface area contributed by atoms with Crippen LogP contribution in [-0.4, -0.2) is 18.4 Å². The average Bonchev–Trinajstić information content (AvgIpc) is 3.34. The summed E-state index contributed by atoms with van der Waals surface area (Å²) in [6, 6.07) is 24.8. The zero-order chi connectivity index (χ0) is 18.9. The minimum atomic E-state index is -0.164. The van der Waals surface area contributed by atoms with E-state index in [4.69, 9.17) is 9.47 Å². The smallest absolute Gasteiger partial charge is 0.281 e. The van der Waals surface area contributed by atoms with E-state index < -0.39 is 0 Å². The number of nitrogens with zero attached hydrogens (tertiary/aromatic N) is 2. The van der Waals surface area contributed by atoms with Gasteiger partial charge in [-0.05, 0) is 35.9 Å². The molecule has 3 aromatic carbocycles. The van der Waals surface area contributed by atoms with Gasteiger partial charge in [-0.25, -0.2) is 0 Å². The molecular weight excluding hydrogens is 352 g/mol. The minimum absolute atomic E-state index is 0.164. The van der Waals surface area contributed by atoms with Crippen LogP contribution in [0.15, 0.2) is 89.5 Å². The van der Waals surface area contributed by atoms with Crippen LogP contribution in [0.2, 0.25) is 0 Å². The molecule has 0 fully saturated rings. The summed E-state index contributed by atoms with van der Waals surface area (Å²) in [6.45, 7) is 0.215. The molecule has 0 radical (unpaired) electrons. The summed E-state index contributed by atoms with van der Waals surface area (Å²) < 4.78 is 10.8. The highest BCUT2D eigenvalue weighted by atomic mass is 16.7. The Morgan fingerprint density at radius 1 is 0.857 bits per heavy atom.